The van der Waals surface area contributed by atoms with Gasteiger partial charge in [-0.1, -0.05) is 13.8 Å². The number of halogens is 1. The normalized spacial score (nSPS) is 25.4. The van der Waals surface area contributed by atoms with E-state index in [1.807, 2.05) is 0 Å². The number of sulfonamides is 1. The molecule has 0 aromatic heterocycles. The van der Waals surface area contributed by atoms with Crippen molar-refractivity contribution in [1.82, 2.24) is 4.31 Å². The molecule has 0 aliphatic carbocycles. The molecule has 1 aliphatic heterocycles. The number of benzene rings is 1. The van der Waals surface area contributed by atoms with Gasteiger partial charge in [-0.2, -0.15) is 4.31 Å². The molecule has 2 N–H and O–H groups in total. The van der Waals surface area contributed by atoms with Gasteiger partial charge in [0, 0.05) is 23.2 Å². The highest BCUT2D eigenvalue weighted by atomic mass is 79.9. The predicted molar refractivity (Wildman–Crippen MR) is 80.3 cm³/mol. The average Bonchev–Trinajstić information content (AvgIpc) is 2.35. The maximum atomic E-state index is 12.6. The highest BCUT2D eigenvalue weighted by Gasteiger charge is 2.31. The fourth-order valence-corrected chi connectivity index (χ4v) is 4.11. The summed E-state index contributed by atoms with van der Waals surface area (Å²) in [5, 5.41) is 0. The molecule has 19 heavy (non-hydrogen) atoms. The Hall–Kier alpha value is -0.590. The first kappa shape index (κ1) is 14.8. The summed E-state index contributed by atoms with van der Waals surface area (Å²) in [6.45, 7) is 5.44. The van der Waals surface area contributed by atoms with Gasteiger partial charge in [0.05, 0.1) is 4.90 Å². The second-order valence-electron chi connectivity index (χ2n) is 5.29. The van der Waals surface area contributed by atoms with Gasteiger partial charge in [0.15, 0.2) is 0 Å². The SMILES string of the molecule is CC1CCN(S(=O)(=O)c2ccc(Br)c(N)c2)CC1C. The van der Waals surface area contributed by atoms with Crippen molar-refractivity contribution in [3.8, 4) is 0 Å². The van der Waals surface area contributed by atoms with Crippen LogP contribution in [0, 0.1) is 11.8 Å². The zero-order valence-corrected chi connectivity index (χ0v) is 13.5. The summed E-state index contributed by atoms with van der Waals surface area (Å²) in [6.07, 6.45) is 0.909. The summed E-state index contributed by atoms with van der Waals surface area (Å²) in [5.41, 5.74) is 6.21. The zero-order chi connectivity index (χ0) is 14.2. The molecule has 6 heteroatoms. The summed E-state index contributed by atoms with van der Waals surface area (Å²) in [5.74, 6) is 0.956. The van der Waals surface area contributed by atoms with Crippen LogP contribution in [-0.4, -0.2) is 25.8 Å². The third-order valence-corrected chi connectivity index (χ3v) is 6.49. The van der Waals surface area contributed by atoms with Gasteiger partial charge >= 0.3 is 0 Å². The Morgan fingerprint density at radius 3 is 2.58 bits per heavy atom. The minimum absolute atomic E-state index is 0.273. The first-order chi connectivity index (χ1) is 8.82. The van der Waals surface area contributed by atoms with Crippen LogP contribution in [0.1, 0.15) is 20.3 Å². The lowest BCUT2D eigenvalue weighted by atomic mass is 9.90. The second kappa shape index (κ2) is 5.42. The molecule has 2 rings (SSSR count). The Bertz CT molecular complexity index is 574. The van der Waals surface area contributed by atoms with Crippen LogP contribution in [0.15, 0.2) is 27.6 Å². The van der Waals surface area contributed by atoms with Gasteiger partial charge in [0.25, 0.3) is 0 Å². The van der Waals surface area contributed by atoms with E-state index in [4.69, 9.17) is 5.73 Å². The molecule has 1 aromatic rings. The monoisotopic (exact) mass is 346 g/mol. The van der Waals surface area contributed by atoms with Crippen molar-refractivity contribution in [2.75, 3.05) is 18.8 Å². The predicted octanol–water partition coefficient (Wildman–Crippen LogP) is 2.70. The van der Waals surface area contributed by atoms with Crippen molar-refractivity contribution < 1.29 is 8.42 Å². The average molecular weight is 347 g/mol. The molecule has 2 atom stereocenters. The summed E-state index contributed by atoms with van der Waals surface area (Å²) in [4.78, 5) is 0.273. The van der Waals surface area contributed by atoms with Gasteiger partial charge in [-0.25, -0.2) is 8.42 Å². The van der Waals surface area contributed by atoms with Crippen molar-refractivity contribution in [2.24, 2.45) is 11.8 Å². The fraction of sp³-hybridized carbons (Fsp3) is 0.538. The number of nitrogens with zero attached hydrogens (tertiary/aromatic N) is 1. The first-order valence-corrected chi connectivity index (χ1v) is 8.61. The van der Waals surface area contributed by atoms with E-state index < -0.39 is 10.0 Å². The van der Waals surface area contributed by atoms with E-state index in [1.54, 1.807) is 16.4 Å². The fourth-order valence-electron chi connectivity index (χ4n) is 2.27. The maximum absolute atomic E-state index is 12.6. The van der Waals surface area contributed by atoms with Crippen LogP contribution >= 0.6 is 15.9 Å². The van der Waals surface area contributed by atoms with Crippen molar-refractivity contribution >= 4 is 31.6 Å². The summed E-state index contributed by atoms with van der Waals surface area (Å²) in [6, 6.07) is 4.79. The smallest absolute Gasteiger partial charge is 0.243 e. The van der Waals surface area contributed by atoms with Crippen LogP contribution < -0.4 is 5.73 Å². The van der Waals surface area contributed by atoms with E-state index in [0.717, 1.165) is 6.42 Å². The number of anilines is 1. The molecule has 1 fully saturated rings. The van der Waals surface area contributed by atoms with Crippen LogP contribution in [-0.2, 0) is 10.0 Å². The molecule has 4 nitrogen and oxygen atoms in total. The lowest BCUT2D eigenvalue weighted by molar-refractivity contribution is 0.212. The molecule has 0 amide bonds. The van der Waals surface area contributed by atoms with E-state index in [-0.39, 0.29) is 4.90 Å². The van der Waals surface area contributed by atoms with E-state index in [0.29, 0.717) is 35.1 Å². The Morgan fingerprint density at radius 2 is 2.00 bits per heavy atom. The van der Waals surface area contributed by atoms with Crippen molar-refractivity contribution in [2.45, 2.75) is 25.2 Å². The molecule has 0 bridgehead atoms. The summed E-state index contributed by atoms with van der Waals surface area (Å²) < 4.78 is 27.4. The van der Waals surface area contributed by atoms with E-state index in [2.05, 4.69) is 29.8 Å². The van der Waals surface area contributed by atoms with Crippen LogP contribution in [0.5, 0.6) is 0 Å². The molecule has 1 aromatic carbocycles. The summed E-state index contributed by atoms with van der Waals surface area (Å²) in [7, 11) is -3.43. The van der Waals surface area contributed by atoms with E-state index in [1.165, 1.54) is 6.07 Å². The van der Waals surface area contributed by atoms with Crippen LogP contribution in [0.3, 0.4) is 0 Å². The molecule has 1 aliphatic rings. The Balaban J connectivity index is 2.29. The number of hydrogen-bond donors (Lipinski definition) is 1. The molecule has 0 spiro atoms. The highest BCUT2D eigenvalue weighted by molar-refractivity contribution is 9.10. The molecular formula is C13H19BrN2O2S. The number of piperidine rings is 1. The zero-order valence-electron chi connectivity index (χ0n) is 11.1. The molecule has 1 heterocycles. The van der Waals surface area contributed by atoms with Crippen molar-refractivity contribution in [3.63, 3.8) is 0 Å². The Labute approximate surface area is 123 Å². The minimum atomic E-state index is -3.43. The largest absolute Gasteiger partial charge is 0.398 e. The van der Waals surface area contributed by atoms with Crippen LogP contribution in [0.25, 0.3) is 0 Å². The third kappa shape index (κ3) is 2.95. The molecule has 2 unspecified atom stereocenters. The Morgan fingerprint density at radius 1 is 1.32 bits per heavy atom. The number of nitrogens with two attached hydrogens (primary N) is 1. The van der Waals surface area contributed by atoms with Gasteiger partial charge in [0.2, 0.25) is 10.0 Å². The van der Waals surface area contributed by atoms with Gasteiger partial charge in [0.1, 0.15) is 0 Å². The number of hydrogen-bond acceptors (Lipinski definition) is 3. The van der Waals surface area contributed by atoms with Gasteiger partial charge < -0.3 is 5.73 Å². The Kier molecular flexibility index (Phi) is 4.23. The number of rotatable bonds is 2. The molecule has 0 saturated carbocycles. The van der Waals surface area contributed by atoms with Gasteiger partial charge in [-0.3, -0.25) is 0 Å². The lowest BCUT2D eigenvalue weighted by Gasteiger charge is -2.34. The van der Waals surface area contributed by atoms with Crippen molar-refractivity contribution in [3.05, 3.63) is 22.7 Å². The molecule has 0 radical (unpaired) electrons. The summed E-state index contributed by atoms with van der Waals surface area (Å²) >= 11 is 3.28. The van der Waals surface area contributed by atoms with E-state index in [9.17, 15) is 8.42 Å². The minimum Gasteiger partial charge on any atom is -0.398 e. The standard InChI is InChI=1S/C13H19BrN2O2S/c1-9-5-6-16(8-10(9)2)19(17,18)11-3-4-12(14)13(15)7-11/h3-4,7,9-10H,5-6,8,15H2,1-2H3. The first-order valence-electron chi connectivity index (χ1n) is 6.37. The van der Waals surface area contributed by atoms with Crippen LogP contribution in [0.4, 0.5) is 5.69 Å². The number of nitrogen functional groups attached to an aromatic ring is 1. The highest BCUT2D eigenvalue weighted by Crippen LogP contribution is 2.29. The molecule has 1 saturated heterocycles. The van der Waals surface area contributed by atoms with Crippen molar-refractivity contribution in [1.29, 1.82) is 0 Å². The quantitative estimate of drug-likeness (QED) is 0.837. The second-order valence-corrected chi connectivity index (χ2v) is 8.08. The lowest BCUT2D eigenvalue weighted by Crippen LogP contribution is -2.42. The van der Waals surface area contributed by atoms with Gasteiger partial charge in [-0.15, -0.1) is 0 Å². The van der Waals surface area contributed by atoms with Crippen LogP contribution in [0.2, 0.25) is 0 Å². The topological polar surface area (TPSA) is 63.4 Å². The molecule has 106 valence electrons. The van der Waals surface area contributed by atoms with E-state index >= 15 is 0 Å². The third-order valence-electron chi connectivity index (χ3n) is 3.90. The maximum Gasteiger partial charge on any atom is 0.243 e. The molecular weight excluding hydrogens is 328 g/mol. The van der Waals surface area contributed by atoms with Gasteiger partial charge in [-0.05, 0) is 52.4 Å².